The fourth-order valence-electron chi connectivity index (χ4n) is 2.85. The number of oxazole rings is 1. The Bertz CT molecular complexity index is 1110. The molecule has 0 unspecified atom stereocenters. The first-order valence-corrected chi connectivity index (χ1v) is 8.79. The second-order valence-electron chi connectivity index (χ2n) is 6.21. The van der Waals surface area contributed by atoms with Crippen molar-refractivity contribution in [3.8, 4) is 11.5 Å². The number of fused-ring (bicyclic) bond motifs is 1. The number of hydrogen-bond donors (Lipinski definition) is 1. The summed E-state index contributed by atoms with van der Waals surface area (Å²) in [6.07, 6.45) is 1.56. The highest BCUT2D eigenvalue weighted by Crippen LogP contribution is 2.27. The molecule has 0 saturated carbocycles. The summed E-state index contributed by atoms with van der Waals surface area (Å²) < 4.78 is 11.6. The Kier molecular flexibility index (Phi) is 4.89. The van der Waals surface area contributed by atoms with Crippen LogP contribution in [0.4, 0.5) is 0 Å². The number of carbonyl (C=O) groups is 1. The molecule has 0 amide bonds. The van der Waals surface area contributed by atoms with E-state index in [1.54, 1.807) is 12.1 Å². The van der Waals surface area contributed by atoms with Gasteiger partial charge in [0.1, 0.15) is 17.0 Å². The van der Waals surface area contributed by atoms with Gasteiger partial charge in [-0.2, -0.15) is 0 Å². The van der Waals surface area contributed by atoms with E-state index in [9.17, 15) is 9.90 Å². The van der Waals surface area contributed by atoms with E-state index in [4.69, 9.17) is 9.15 Å². The van der Waals surface area contributed by atoms with Gasteiger partial charge < -0.3 is 14.3 Å². The van der Waals surface area contributed by atoms with Crippen LogP contribution in [0.1, 0.15) is 17.9 Å². The van der Waals surface area contributed by atoms with Crippen molar-refractivity contribution in [1.82, 2.24) is 4.98 Å². The van der Waals surface area contributed by atoms with Gasteiger partial charge in [-0.1, -0.05) is 42.5 Å². The van der Waals surface area contributed by atoms with Crippen molar-refractivity contribution in [3.05, 3.63) is 90.3 Å². The van der Waals surface area contributed by atoms with E-state index in [2.05, 4.69) is 4.98 Å². The molecule has 28 heavy (non-hydrogen) atoms. The van der Waals surface area contributed by atoms with Gasteiger partial charge in [-0.05, 0) is 48.0 Å². The Morgan fingerprint density at radius 1 is 0.964 bits per heavy atom. The second-order valence-corrected chi connectivity index (χ2v) is 6.21. The van der Waals surface area contributed by atoms with Crippen molar-refractivity contribution in [3.63, 3.8) is 0 Å². The van der Waals surface area contributed by atoms with Gasteiger partial charge in [0.2, 0.25) is 5.89 Å². The van der Waals surface area contributed by atoms with E-state index in [0.717, 1.165) is 11.3 Å². The molecule has 4 aromatic rings. The molecule has 0 fully saturated rings. The summed E-state index contributed by atoms with van der Waals surface area (Å²) in [4.78, 5) is 15.8. The van der Waals surface area contributed by atoms with Crippen LogP contribution in [0.2, 0.25) is 0 Å². The standard InChI is InChI=1S/C23H17NO4/c25-22(26)15-17(23-24-20-11-4-5-12-21(20)28-23)13-16-7-6-10-19(14-16)27-18-8-2-1-3-9-18/h1-14H,15H2,(H,25,26)/b17-13+. The summed E-state index contributed by atoms with van der Waals surface area (Å²) in [7, 11) is 0. The largest absolute Gasteiger partial charge is 0.481 e. The summed E-state index contributed by atoms with van der Waals surface area (Å²) in [5.74, 6) is 0.740. The van der Waals surface area contributed by atoms with Crippen LogP contribution in [-0.2, 0) is 4.79 Å². The molecule has 0 aliphatic rings. The number of aliphatic carboxylic acids is 1. The second kappa shape index (κ2) is 7.80. The topological polar surface area (TPSA) is 72.6 Å². The molecular weight excluding hydrogens is 354 g/mol. The fraction of sp³-hybridized carbons (Fsp3) is 0.0435. The Morgan fingerprint density at radius 2 is 1.71 bits per heavy atom. The highest BCUT2D eigenvalue weighted by molar-refractivity contribution is 5.91. The van der Waals surface area contributed by atoms with E-state index in [0.29, 0.717) is 28.3 Å². The van der Waals surface area contributed by atoms with E-state index >= 15 is 0 Å². The zero-order chi connectivity index (χ0) is 19.3. The zero-order valence-electron chi connectivity index (χ0n) is 14.9. The third kappa shape index (κ3) is 4.10. The molecular formula is C23H17NO4. The maximum absolute atomic E-state index is 11.4. The monoisotopic (exact) mass is 371 g/mol. The molecule has 4 rings (SSSR count). The molecule has 0 aliphatic carbocycles. The normalized spacial score (nSPS) is 11.5. The smallest absolute Gasteiger partial charge is 0.308 e. The summed E-state index contributed by atoms with van der Waals surface area (Å²) in [5.41, 5.74) is 2.59. The highest BCUT2D eigenvalue weighted by Gasteiger charge is 2.14. The summed E-state index contributed by atoms with van der Waals surface area (Å²) in [5, 5.41) is 9.31. The number of nitrogens with zero attached hydrogens (tertiary/aromatic N) is 1. The average Bonchev–Trinajstić information content (AvgIpc) is 3.12. The molecule has 138 valence electrons. The molecule has 0 spiro atoms. The van der Waals surface area contributed by atoms with E-state index in [1.165, 1.54) is 0 Å². The molecule has 1 heterocycles. The molecule has 0 aliphatic heterocycles. The van der Waals surface area contributed by atoms with E-state index in [1.807, 2.05) is 72.8 Å². The lowest BCUT2D eigenvalue weighted by molar-refractivity contribution is -0.135. The van der Waals surface area contributed by atoms with Crippen LogP contribution in [0.25, 0.3) is 22.7 Å². The lowest BCUT2D eigenvalue weighted by atomic mass is 10.1. The number of rotatable bonds is 6. The molecule has 0 bridgehead atoms. The average molecular weight is 371 g/mol. The number of hydrogen-bond acceptors (Lipinski definition) is 4. The molecule has 1 N–H and O–H groups in total. The summed E-state index contributed by atoms with van der Waals surface area (Å²) in [6.45, 7) is 0. The molecule has 5 nitrogen and oxygen atoms in total. The van der Waals surface area contributed by atoms with Crippen molar-refractivity contribution < 1.29 is 19.1 Å². The Labute approximate surface area is 161 Å². The fourth-order valence-corrected chi connectivity index (χ4v) is 2.85. The molecule has 0 atom stereocenters. The number of para-hydroxylation sites is 3. The van der Waals surface area contributed by atoms with Crippen LogP contribution in [0.15, 0.2) is 83.3 Å². The van der Waals surface area contributed by atoms with Gasteiger partial charge in [0, 0.05) is 5.57 Å². The first-order chi connectivity index (χ1) is 13.7. The summed E-state index contributed by atoms with van der Waals surface area (Å²) >= 11 is 0. The van der Waals surface area contributed by atoms with Crippen molar-refractivity contribution in [2.45, 2.75) is 6.42 Å². The van der Waals surface area contributed by atoms with Gasteiger partial charge in [-0.25, -0.2) is 4.98 Å². The van der Waals surface area contributed by atoms with Gasteiger partial charge in [0.15, 0.2) is 5.58 Å². The van der Waals surface area contributed by atoms with Gasteiger partial charge >= 0.3 is 5.97 Å². The quantitative estimate of drug-likeness (QED) is 0.475. The van der Waals surface area contributed by atoms with Crippen LogP contribution >= 0.6 is 0 Å². The van der Waals surface area contributed by atoms with Gasteiger partial charge in [0.05, 0.1) is 6.42 Å². The molecule has 5 heteroatoms. The third-order valence-corrected chi connectivity index (χ3v) is 4.09. The van der Waals surface area contributed by atoms with E-state index < -0.39 is 5.97 Å². The van der Waals surface area contributed by atoms with Crippen molar-refractivity contribution >= 4 is 28.7 Å². The number of benzene rings is 3. The van der Waals surface area contributed by atoms with Crippen LogP contribution in [0.3, 0.4) is 0 Å². The number of carboxylic acid groups (broad SMARTS) is 1. The number of carboxylic acids is 1. The summed E-state index contributed by atoms with van der Waals surface area (Å²) in [6, 6.07) is 24.2. The van der Waals surface area contributed by atoms with Crippen LogP contribution in [0.5, 0.6) is 11.5 Å². The van der Waals surface area contributed by atoms with Crippen molar-refractivity contribution in [2.75, 3.05) is 0 Å². The van der Waals surface area contributed by atoms with Crippen LogP contribution in [0, 0.1) is 0 Å². The Balaban J connectivity index is 1.68. The lowest BCUT2D eigenvalue weighted by Gasteiger charge is -2.07. The minimum atomic E-state index is -0.954. The highest BCUT2D eigenvalue weighted by atomic mass is 16.5. The van der Waals surface area contributed by atoms with E-state index in [-0.39, 0.29) is 6.42 Å². The predicted octanol–water partition coefficient (Wildman–Crippen LogP) is 5.64. The molecule has 1 aromatic heterocycles. The van der Waals surface area contributed by atoms with Crippen molar-refractivity contribution in [2.24, 2.45) is 0 Å². The Hall–Kier alpha value is -3.86. The van der Waals surface area contributed by atoms with Gasteiger partial charge in [-0.3, -0.25) is 4.79 Å². The zero-order valence-corrected chi connectivity index (χ0v) is 14.9. The number of ether oxygens (including phenoxy) is 1. The minimum Gasteiger partial charge on any atom is -0.481 e. The van der Waals surface area contributed by atoms with Crippen molar-refractivity contribution in [1.29, 1.82) is 0 Å². The lowest BCUT2D eigenvalue weighted by Crippen LogP contribution is -1.97. The maximum atomic E-state index is 11.4. The minimum absolute atomic E-state index is 0.198. The first kappa shape index (κ1) is 17.5. The maximum Gasteiger partial charge on any atom is 0.308 e. The number of aromatic nitrogens is 1. The Morgan fingerprint density at radius 3 is 2.50 bits per heavy atom. The van der Waals surface area contributed by atoms with Gasteiger partial charge in [-0.15, -0.1) is 0 Å². The van der Waals surface area contributed by atoms with Crippen LogP contribution < -0.4 is 4.74 Å². The van der Waals surface area contributed by atoms with Gasteiger partial charge in [0.25, 0.3) is 0 Å². The molecule has 3 aromatic carbocycles. The first-order valence-electron chi connectivity index (χ1n) is 8.79. The predicted molar refractivity (Wildman–Crippen MR) is 107 cm³/mol. The van der Waals surface area contributed by atoms with Crippen LogP contribution in [-0.4, -0.2) is 16.1 Å². The molecule has 0 radical (unpaired) electrons. The SMILES string of the molecule is O=C(O)C/C(=C\c1cccc(Oc2ccccc2)c1)c1nc2ccccc2o1. The molecule has 0 saturated heterocycles. The third-order valence-electron chi connectivity index (χ3n) is 4.09.